The molecule has 11 heteroatoms. The van der Waals surface area contributed by atoms with Crippen LogP contribution in [0.5, 0.6) is 5.75 Å². The number of nitrogens with zero attached hydrogens (tertiary/aromatic N) is 1. The molecule has 2 aliphatic carbocycles. The van der Waals surface area contributed by atoms with Crippen LogP contribution < -0.4 is 10.1 Å². The molecule has 0 saturated carbocycles. The van der Waals surface area contributed by atoms with Gasteiger partial charge in [0, 0.05) is 48.2 Å². The highest BCUT2D eigenvalue weighted by atomic mass is 35.5. The molecule has 0 fully saturated rings. The Balaban J connectivity index is 1.36. The number of hydrogen-bond acceptors (Lipinski definition) is 6. The molecule has 2 N–H and O–H groups in total. The number of halogens is 1. The smallest absolute Gasteiger partial charge is 0.326 e. The summed E-state index contributed by atoms with van der Waals surface area (Å²) in [5, 5.41) is 12.6. The first-order chi connectivity index (χ1) is 21.8. The summed E-state index contributed by atoms with van der Waals surface area (Å²) in [7, 11) is -2.08. The topological polar surface area (TPSA) is 130 Å². The molecule has 0 spiro atoms. The number of aliphatic carboxylic acids is 1. The number of rotatable bonds is 8. The number of fused-ring (bicyclic) bond motifs is 2. The number of allylic oxidation sites excluding steroid dienone is 6. The number of carbonyl (C=O) groups excluding carboxylic acids is 2. The van der Waals surface area contributed by atoms with Gasteiger partial charge in [0.1, 0.15) is 17.4 Å². The molecule has 46 heavy (non-hydrogen) atoms. The molecule has 2 aromatic carbocycles. The zero-order valence-corrected chi connectivity index (χ0v) is 27.6. The monoisotopic (exact) mass is 664 g/mol. The lowest BCUT2D eigenvalue weighted by Crippen LogP contribution is -2.41. The van der Waals surface area contributed by atoms with Gasteiger partial charge in [-0.1, -0.05) is 55.0 Å². The second kappa shape index (κ2) is 13.7. The van der Waals surface area contributed by atoms with E-state index in [0.29, 0.717) is 36.4 Å². The first kappa shape index (κ1) is 33.2. The number of nitrogens with one attached hydrogen (secondary N) is 1. The second-order valence-electron chi connectivity index (χ2n) is 12.0. The van der Waals surface area contributed by atoms with Crippen LogP contribution >= 0.6 is 11.6 Å². The van der Waals surface area contributed by atoms with E-state index in [1.165, 1.54) is 13.2 Å². The van der Waals surface area contributed by atoms with Gasteiger partial charge in [0.05, 0.1) is 12.1 Å². The molecule has 0 bridgehead atoms. The van der Waals surface area contributed by atoms with E-state index in [1.54, 1.807) is 23.1 Å². The lowest BCUT2D eigenvalue weighted by atomic mass is 9.89. The number of amides is 2. The molecule has 2 amide bonds. The molecule has 0 saturated heterocycles. The highest BCUT2D eigenvalue weighted by Crippen LogP contribution is 2.37. The maximum Gasteiger partial charge on any atom is 0.326 e. The van der Waals surface area contributed by atoms with E-state index in [0.717, 1.165) is 34.9 Å². The summed E-state index contributed by atoms with van der Waals surface area (Å²) >= 11 is 6.65. The molecule has 242 valence electrons. The SMILES string of the molecule is COc1c2c(cc(Cl)c1C(=O)NC(CC1=C/CC=CC/C(S(C)(=O)=O)=C\1)C(=O)O)CN(C(=O)c1ccc3c(c1)CC(C)C=C3)CC2. The van der Waals surface area contributed by atoms with Crippen LogP contribution in [-0.2, 0) is 34.0 Å². The number of carbonyl (C=O) groups is 3. The van der Waals surface area contributed by atoms with Gasteiger partial charge in [0.15, 0.2) is 9.84 Å². The summed E-state index contributed by atoms with van der Waals surface area (Å²) in [5.41, 5.74) is 4.85. The maximum absolute atomic E-state index is 13.6. The van der Waals surface area contributed by atoms with Crippen molar-refractivity contribution in [3.63, 3.8) is 0 Å². The Kier molecular flexibility index (Phi) is 9.88. The second-order valence-corrected chi connectivity index (χ2v) is 14.5. The molecular weight excluding hydrogens is 628 g/mol. The van der Waals surface area contributed by atoms with Crippen molar-refractivity contribution in [3.8, 4) is 5.75 Å². The predicted octanol–water partition coefficient (Wildman–Crippen LogP) is 5.53. The largest absolute Gasteiger partial charge is 0.496 e. The van der Waals surface area contributed by atoms with Gasteiger partial charge >= 0.3 is 5.97 Å². The molecule has 1 aliphatic heterocycles. The van der Waals surface area contributed by atoms with E-state index in [1.807, 2.05) is 24.3 Å². The van der Waals surface area contributed by atoms with Crippen LogP contribution in [0, 0.1) is 5.92 Å². The highest BCUT2D eigenvalue weighted by Gasteiger charge is 2.31. The van der Waals surface area contributed by atoms with E-state index in [-0.39, 0.29) is 46.5 Å². The molecule has 2 aromatic rings. The van der Waals surface area contributed by atoms with Crippen molar-refractivity contribution < 1.29 is 32.6 Å². The number of benzene rings is 2. The Bertz CT molecular complexity index is 1820. The van der Waals surface area contributed by atoms with Gasteiger partial charge in [-0.2, -0.15) is 0 Å². The van der Waals surface area contributed by atoms with Crippen molar-refractivity contribution in [2.45, 2.75) is 51.6 Å². The van der Waals surface area contributed by atoms with Crippen LogP contribution in [0.15, 0.2) is 65.1 Å². The van der Waals surface area contributed by atoms with Crippen LogP contribution in [0.2, 0.25) is 5.02 Å². The Morgan fingerprint density at radius 3 is 2.67 bits per heavy atom. The van der Waals surface area contributed by atoms with E-state index < -0.39 is 27.8 Å². The van der Waals surface area contributed by atoms with Gasteiger partial charge in [-0.05, 0) is 71.7 Å². The van der Waals surface area contributed by atoms with Crippen molar-refractivity contribution in [2.24, 2.45) is 5.92 Å². The standard InChI is InChI=1S/C35H37ClN2O7S/c1-21-9-10-23-11-12-24(18-25(23)15-21)34(40)38-14-13-28-26(20-38)19-29(36)31(32(28)45-2)33(39)37-30(35(41)42)17-22-7-5-4-6-8-27(16-22)46(3,43)44/h4,6-7,9-12,16,18-19,21,30H,5,8,13-15,17,20H2,1-3H3,(H,37,39)(H,41,42)/b6-4?,22-7+,27-16+. The van der Waals surface area contributed by atoms with Crippen molar-refractivity contribution in [2.75, 3.05) is 19.9 Å². The van der Waals surface area contributed by atoms with E-state index in [9.17, 15) is 27.9 Å². The number of ether oxygens (including phenoxy) is 1. The third-order valence-corrected chi connectivity index (χ3v) is 10.1. The van der Waals surface area contributed by atoms with Crippen molar-refractivity contribution in [1.29, 1.82) is 0 Å². The Labute approximate surface area is 274 Å². The molecular formula is C35H37ClN2O7S. The van der Waals surface area contributed by atoms with Gasteiger partial charge < -0.3 is 20.1 Å². The third-order valence-electron chi connectivity index (χ3n) is 8.54. The Morgan fingerprint density at radius 1 is 1.17 bits per heavy atom. The summed E-state index contributed by atoms with van der Waals surface area (Å²) in [6, 6.07) is 6.06. The molecule has 3 aliphatic rings. The first-order valence-corrected chi connectivity index (χ1v) is 17.4. The van der Waals surface area contributed by atoms with E-state index >= 15 is 0 Å². The van der Waals surface area contributed by atoms with E-state index in [4.69, 9.17) is 16.3 Å². The van der Waals surface area contributed by atoms with Crippen LogP contribution in [0.25, 0.3) is 6.08 Å². The summed E-state index contributed by atoms with van der Waals surface area (Å²) < 4.78 is 30.1. The average Bonchev–Trinajstić information content (AvgIpc) is 2.99. The molecule has 0 aromatic heterocycles. The molecule has 1 heterocycles. The van der Waals surface area contributed by atoms with Crippen LogP contribution in [0.3, 0.4) is 0 Å². The van der Waals surface area contributed by atoms with Gasteiger partial charge in [-0.3, -0.25) is 9.59 Å². The number of carboxylic acid groups (broad SMARTS) is 1. The predicted molar refractivity (Wildman–Crippen MR) is 178 cm³/mol. The van der Waals surface area contributed by atoms with Gasteiger partial charge in [0.25, 0.3) is 11.8 Å². The minimum absolute atomic E-state index is 0.00718. The fourth-order valence-corrected chi connectivity index (χ4v) is 7.19. The first-order valence-electron chi connectivity index (χ1n) is 15.1. The van der Waals surface area contributed by atoms with Crippen molar-refractivity contribution >= 4 is 45.3 Å². The zero-order chi connectivity index (χ0) is 33.2. The van der Waals surface area contributed by atoms with Crippen molar-refractivity contribution in [3.05, 3.63) is 104 Å². The Hall–Kier alpha value is -4.15. The number of hydrogen-bond donors (Lipinski definition) is 2. The number of carboxylic acids is 1. The fraction of sp³-hybridized carbons (Fsp3) is 0.343. The summed E-state index contributed by atoms with van der Waals surface area (Å²) in [4.78, 5) is 41.3. The lowest BCUT2D eigenvalue weighted by molar-refractivity contribution is -0.139. The zero-order valence-electron chi connectivity index (χ0n) is 26.0. The quantitative estimate of drug-likeness (QED) is 0.355. The number of sulfone groups is 1. The number of methoxy groups -OCH3 is 1. The molecule has 5 rings (SSSR count). The van der Waals surface area contributed by atoms with Gasteiger partial charge in [-0.25, -0.2) is 13.2 Å². The van der Waals surface area contributed by atoms with Gasteiger partial charge in [0.2, 0.25) is 0 Å². The molecule has 2 unspecified atom stereocenters. The lowest BCUT2D eigenvalue weighted by Gasteiger charge is -2.31. The molecule has 9 nitrogen and oxygen atoms in total. The maximum atomic E-state index is 13.6. The third kappa shape index (κ3) is 7.29. The van der Waals surface area contributed by atoms with Crippen LogP contribution in [0.1, 0.15) is 69.2 Å². The minimum Gasteiger partial charge on any atom is -0.496 e. The summed E-state index contributed by atoms with van der Waals surface area (Å²) in [6.45, 7) is 2.81. The normalized spacial score (nSPS) is 20.5. The van der Waals surface area contributed by atoms with Crippen molar-refractivity contribution in [1.82, 2.24) is 10.2 Å². The fourth-order valence-electron chi connectivity index (χ4n) is 6.12. The average molecular weight is 665 g/mol. The minimum atomic E-state index is -3.50. The summed E-state index contributed by atoms with van der Waals surface area (Å²) in [5.74, 6) is -1.46. The van der Waals surface area contributed by atoms with Crippen LogP contribution in [-0.4, -0.2) is 62.2 Å². The van der Waals surface area contributed by atoms with Crippen LogP contribution in [0.4, 0.5) is 0 Å². The summed E-state index contributed by atoms with van der Waals surface area (Å²) in [6.07, 6.45) is 14.0. The molecule has 0 radical (unpaired) electrons. The van der Waals surface area contributed by atoms with E-state index in [2.05, 4.69) is 24.4 Å². The highest BCUT2D eigenvalue weighted by molar-refractivity contribution is 7.94. The Morgan fingerprint density at radius 2 is 1.96 bits per heavy atom. The molecule has 2 atom stereocenters. The van der Waals surface area contributed by atoms with Gasteiger partial charge in [-0.15, -0.1) is 0 Å².